The maximum atomic E-state index is 13.7. The van der Waals surface area contributed by atoms with Crippen LogP contribution in [0.3, 0.4) is 0 Å². The van der Waals surface area contributed by atoms with Gasteiger partial charge >= 0.3 is 0 Å². The number of carbonyl (C=O) groups excluding carboxylic acids is 3. The number of fused-ring (bicyclic) bond motifs is 3. The van der Waals surface area contributed by atoms with E-state index in [9.17, 15) is 24.6 Å². The van der Waals surface area contributed by atoms with Gasteiger partial charge in [-0.15, -0.1) is 0 Å². The van der Waals surface area contributed by atoms with E-state index >= 15 is 0 Å². The van der Waals surface area contributed by atoms with Gasteiger partial charge in [0.2, 0.25) is 11.8 Å². The molecule has 0 saturated heterocycles. The van der Waals surface area contributed by atoms with Crippen molar-refractivity contribution in [2.45, 2.75) is 62.7 Å². The molecule has 1 aliphatic heterocycles. The number of carbonyl (C=O) groups is 3. The number of methoxy groups -OCH3 is 2. The van der Waals surface area contributed by atoms with Crippen molar-refractivity contribution in [1.29, 1.82) is 0 Å². The Labute approximate surface area is 240 Å². The molecule has 41 heavy (non-hydrogen) atoms. The summed E-state index contributed by atoms with van der Waals surface area (Å²) in [6.07, 6.45) is 7.38. The molecule has 7 rings (SSSR count). The van der Waals surface area contributed by atoms with Crippen LogP contribution in [-0.4, -0.2) is 92.0 Å². The van der Waals surface area contributed by atoms with Crippen molar-refractivity contribution in [3.8, 4) is 11.5 Å². The van der Waals surface area contributed by atoms with E-state index in [0.717, 1.165) is 19.3 Å². The number of amides is 2. The Hall–Kier alpha value is -2.95. The molecule has 1 heterocycles. The van der Waals surface area contributed by atoms with Gasteiger partial charge in [0.05, 0.1) is 25.7 Å². The van der Waals surface area contributed by atoms with Crippen molar-refractivity contribution in [1.82, 2.24) is 10.2 Å². The lowest BCUT2D eigenvalue weighted by molar-refractivity contribution is -0.148. The lowest BCUT2D eigenvalue weighted by Gasteiger charge is -2.58. The lowest BCUT2D eigenvalue weighted by Crippen LogP contribution is -2.60. The fraction of sp³-hybridized carbons (Fsp3) is 0.645. The molecule has 4 bridgehead atoms. The summed E-state index contributed by atoms with van der Waals surface area (Å²) in [5, 5.41) is 24.0. The number of hydrogen-bond acceptors (Lipinski definition) is 8. The number of benzene rings is 1. The van der Waals surface area contributed by atoms with E-state index in [1.807, 2.05) is 0 Å². The third kappa shape index (κ3) is 4.93. The molecule has 10 heteroatoms. The summed E-state index contributed by atoms with van der Waals surface area (Å²) in [6.45, 7) is 0.165. The number of nitrogens with one attached hydrogen (secondary N) is 1. The molecule has 10 nitrogen and oxygen atoms in total. The minimum Gasteiger partial charge on any atom is -0.493 e. The lowest BCUT2D eigenvalue weighted by atomic mass is 9.49. The maximum absolute atomic E-state index is 13.7. The maximum Gasteiger partial charge on any atom is 0.249 e. The predicted molar refractivity (Wildman–Crippen MR) is 148 cm³/mol. The Morgan fingerprint density at radius 1 is 1.15 bits per heavy atom. The van der Waals surface area contributed by atoms with E-state index in [0.29, 0.717) is 58.8 Å². The quantitative estimate of drug-likeness (QED) is 0.364. The first-order chi connectivity index (χ1) is 19.8. The van der Waals surface area contributed by atoms with Gasteiger partial charge in [0.25, 0.3) is 0 Å². The van der Waals surface area contributed by atoms with Crippen molar-refractivity contribution < 1.29 is 38.8 Å². The zero-order chi connectivity index (χ0) is 28.9. The van der Waals surface area contributed by atoms with Crippen molar-refractivity contribution in [3.05, 3.63) is 34.9 Å². The molecular formula is C31H40N2O8. The SMILES string of the molecule is COCC(=O)N(CC12CC3CC(CC(C3)C1)C2)[C@@H]1C=C(C(=O)NCCO)[C@@H]2c3cc(C=O)cc(OC)c3O[C@@H]2[C@H]1O. The van der Waals surface area contributed by atoms with Crippen LogP contribution in [0.25, 0.3) is 0 Å². The standard InChI is InChI=1S/C31H40N2O8/c1-39-15-25(36)33(16-31-11-17-5-18(12-31)7-19(6-17)13-31)23-10-22(30(38)32-3-4-34)26-21-8-20(14-35)9-24(40-2)28(21)41-29(26)27(23)37/h8-10,14,17-19,23,26-27,29,34,37H,3-7,11-13,15-16H2,1-2H3,(H,32,38)/t17?,18?,19?,23-,26+,27+,29+,31?/m1/s1. The molecule has 0 aromatic heterocycles. The van der Waals surface area contributed by atoms with Crippen molar-refractivity contribution in [2.75, 3.05) is 40.5 Å². The second-order valence-electron chi connectivity index (χ2n) is 12.8. The Bertz CT molecular complexity index is 1210. The van der Waals surface area contributed by atoms with Crippen LogP contribution >= 0.6 is 0 Å². The minimum atomic E-state index is -1.15. The van der Waals surface area contributed by atoms with Gasteiger partial charge in [0.15, 0.2) is 11.5 Å². The summed E-state index contributed by atoms with van der Waals surface area (Å²) in [5.41, 5.74) is 1.23. The van der Waals surface area contributed by atoms with E-state index in [-0.39, 0.29) is 31.1 Å². The Balaban J connectivity index is 1.40. The minimum absolute atomic E-state index is 0.0105. The van der Waals surface area contributed by atoms with Crippen LogP contribution in [0.1, 0.15) is 60.4 Å². The van der Waals surface area contributed by atoms with Gasteiger partial charge in [-0.25, -0.2) is 0 Å². The molecular weight excluding hydrogens is 528 g/mol. The third-order valence-electron chi connectivity index (χ3n) is 10.0. The molecule has 0 unspecified atom stereocenters. The molecule has 4 atom stereocenters. The summed E-state index contributed by atoms with van der Waals surface area (Å²) in [6, 6.07) is 2.38. The van der Waals surface area contributed by atoms with Crippen molar-refractivity contribution >= 4 is 18.1 Å². The Morgan fingerprint density at radius 3 is 2.41 bits per heavy atom. The molecule has 1 aromatic carbocycles. The van der Waals surface area contributed by atoms with Crippen molar-refractivity contribution in [2.24, 2.45) is 23.2 Å². The molecule has 6 aliphatic rings. The highest BCUT2D eigenvalue weighted by atomic mass is 16.5. The van der Waals surface area contributed by atoms with Crippen LogP contribution in [0.5, 0.6) is 11.5 Å². The number of aliphatic hydroxyl groups is 2. The van der Waals surface area contributed by atoms with Gasteiger partial charge in [0.1, 0.15) is 25.1 Å². The molecule has 1 aromatic rings. The van der Waals surface area contributed by atoms with Crippen LogP contribution in [0.2, 0.25) is 0 Å². The van der Waals surface area contributed by atoms with E-state index in [1.165, 1.54) is 33.5 Å². The smallest absolute Gasteiger partial charge is 0.249 e. The average molecular weight is 569 g/mol. The fourth-order valence-electron chi connectivity index (χ4n) is 8.97. The highest BCUT2D eigenvalue weighted by Gasteiger charge is 2.55. The molecule has 5 aliphatic carbocycles. The topological polar surface area (TPSA) is 135 Å². The molecule has 3 N–H and O–H groups in total. The number of rotatable bonds is 10. The summed E-state index contributed by atoms with van der Waals surface area (Å²) in [4.78, 5) is 40.7. The van der Waals surface area contributed by atoms with Crippen LogP contribution in [-0.2, 0) is 14.3 Å². The van der Waals surface area contributed by atoms with E-state index in [4.69, 9.17) is 14.2 Å². The van der Waals surface area contributed by atoms with Gasteiger partial charge in [-0.2, -0.15) is 0 Å². The highest BCUT2D eigenvalue weighted by Crippen LogP contribution is 2.60. The van der Waals surface area contributed by atoms with Crippen molar-refractivity contribution in [3.63, 3.8) is 0 Å². The zero-order valence-corrected chi connectivity index (χ0v) is 23.7. The van der Waals surface area contributed by atoms with Crippen LogP contribution < -0.4 is 14.8 Å². The van der Waals surface area contributed by atoms with Gasteiger partial charge in [-0.3, -0.25) is 14.4 Å². The van der Waals surface area contributed by atoms with Gasteiger partial charge in [-0.05, 0) is 79.9 Å². The second kappa shape index (κ2) is 11.0. The number of aliphatic hydroxyl groups excluding tert-OH is 2. The summed E-state index contributed by atoms with van der Waals surface area (Å²) in [7, 11) is 2.95. The molecule has 4 saturated carbocycles. The monoisotopic (exact) mass is 568 g/mol. The second-order valence-corrected chi connectivity index (χ2v) is 12.8. The van der Waals surface area contributed by atoms with Crippen LogP contribution in [0.4, 0.5) is 0 Å². The predicted octanol–water partition coefficient (Wildman–Crippen LogP) is 1.82. The first-order valence-corrected chi connectivity index (χ1v) is 14.7. The summed E-state index contributed by atoms with van der Waals surface area (Å²) in [5.74, 6) is 1.39. The fourth-order valence-corrected chi connectivity index (χ4v) is 8.97. The Kier molecular flexibility index (Phi) is 7.59. The van der Waals surface area contributed by atoms with E-state index in [2.05, 4.69) is 5.32 Å². The number of aldehydes is 1. The average Bonchev–Trinajstić information content (AvgIpc) is 3.34. The normalized spacial score (nSPS) is 34.2. The third-order valence-corrected chi connectivity index (χ3v) is 10.0. The highest BCUT2D eigenvalue weighted by molar-refractivity contribution is 5.96. The summed E-state index contributed by atoms with van der Waals surface area (Å²) >= 11 is 0. The molecule has 0 radical (unpaired) electrons. The van der Waals surface area contributed by atoms with Gasteiger partial charge in [-0.1, -0.05) is 0 Å². The Morgan fingerprint density at radius 2 is 1.83 bits per heavy atom. The molecule has 2 amide bonds. The molecule has 4 fully saturated rings. The number of nitrogens with zero attached hydrogens (tertiary/aromatic N) is 1. The van der Waals surface area contributed by atoms with Crippen LogP contribution in [0, 0.1) is 23.2 Å². The zero-order valence-electron chi connectivity index (χ0n) is 23.7. The number of ether oxygens (including phenoxy) is 3. The first-order valence-electron chi connectivity index (χ1n) is 14.7. The first kappa shape index (κ1) is 28.2. The largest absolute Gasteiger partial charge is 0.493 e. The van der Waals surface area contributed by atoms with E-state index in [1.54, 1.807) is 23.1 Å². The number of hydrogen-bond donors (Lipinski definition) is 3. The van der Waals surface area contributed by atoms with Gasteiger partial charge in [0, 0.05) is 36.9 Å². The molecule has 0 spiro atoms. The molecule has 222 valence electrons. The summed E-state index contributed by atoms with van der Waals surface area (Å²) < 4.78 is 17.1. The van der Waals surface area contributed by atoms with Crippen LogP contribution in [0.15, 0.2) is 23.8 Å². The van der Waals surface area contributed by atoms with Gasteiger partial charge < -0.3 is 34.6 Å². The van der Waals surface area contributed by atoms with E-state index < -0.39 is 30.1 Å².